The maximum atomic E-state index is 13.1. The number of hydrogen-bond donors (Lipinski definition) is 0. The Kier molecular flexibility index (Phi) is 4.66. The van der Waals surface area contributed by atoms with Gasteiger partial charge in [-0.05, 0) is 24.3 Å². The van der Waals surface area contributed by atoms with Crippen LogP contribution in [0.5, 0.6) is 0 Å². The molecule has 1 aliphatic heterocycles. The highest BCUT2D eigenvalue weighted by Gasteiger charge is 2.21. The molecule has 1 saturated heterocycles. The molecule has 7 nitrogen and oxygen atoms in total. The summed E-state index contributed by atoms with van der Waals surface area (Å²) in [5, 5.41) is 0. The Bertz CT molecular complexity index is 873. The molecule has 0 radical (unpaired) electrons. The number of fused-ring (bicyclic) bond motifs is 1. The van der Waals surface area contributed by atoms with E-state index < -0.39 is 0 Å². The first kappa shape index (κ1) is 16.7. The number of ether oxygens (including phenoxy) is 1. The maximum absolute atomic E-state index is 13.1. The normalized spacial score (nSPS) is 15.0. The van der Waals surface area contributed by atoms with E-state index in [1.807, 2.05) is 16.7 Å². The van der Waals surface area contributed by atoms with Crippen LogP contribution in [0.15, 0.2) is 36.9 Å². The molecule has 26 heavy (non-hydrogen) atoms. The first-order valence-electron chi connectivity index (χ1n) is 8.66. The second-order valence-electron chi connectivity index (χ2n) is 6.25. The highest BCUT2D eigenvalue weighted by Crippen LogP contribution is 2.24. The molecule has 0 bridgehead atoms. The summed E-state index contributed by atoms with van der Waals surface area (Å²) in [4.78, 5) is 17.9. The molecule has 1 aromatic carbocycles. The summed E-state index contributed by atoms with van der Waals surface area (Å²) in [5.41, 5.74) is 2.69. The zero-order valence-electron chi connectivity index (χ0n) is 14.7. The predicted octanol–water partition coefficient (Wildman–Crippen LogP) is 1.94. The summed E-state index contributed by atoms with van der Waals surface area (Å²) >= 11 is 0. The van der Waals surface area contributed by atoms with Crippen molar-refractivity contribution >= 4 is 22.7 Å². The number of aromatic nitrogens is 4. The van der Waals surface area contributed by atoms with Crippen LogP contribution in [-0.2, 0) is 11.3 Å². The molecule has 0 amide bonds. The molecular weight excluding hydrogens is 335 g/mol. The molecule has 0 aliphatic carbocycles. The summed E-state index contributed by atoms with van der Waals surface area (Å²) in [7, 11) is 1.68. The minimum Gasteiger partial charge on any atom is -0.383 e. The van der Waals surface area contributed by atoms with Crippen molar-refractivity contribution in [3.05, 3.63) is 42.7 Å². The third-order valence-corrected chi connectivity index (χ3v) is 4.69. The van der Waals surface area contributed by atoms with E-state index in [1.165, 1.54) is 12.1 Å². The van der Waals surface area contributed by atoms with Crippen molar-refractivity contribution in [2.75, 3.05) is 49.7 Å². The maximum Gasteiger partial charge on any atom is 0.165 e. The average molecular weight is 356 g/mol. The standard InChI is InChI=1S/C18H21FN6O/c1-26-11-10-25-13-22-16-17(20-12-21-18(16)25)24-8-6-23(7-9-24)15-4-2-14(19)3-5-15/h2-5,12-13H,6-11H2,1H3. The van der Waals surface area contributed by atoms with E-state index in [0.29, 0.717) is 13.2 Å². The molecule has 0 spiro atoms. The number of rotatable bonds is 5. The molecule has 3 aromatic rings. The summed E-state index contributed by atoms with van der Waals surface area (Å²) in [6, 6.07) is 6.65. The summed E-state index contributed by atoms with van der Waals surface area (Å²) in [6.07, 6.45) is 3.38. The van der Waals surface area contributed by atoms with Gasteiger partial charge in [0.2, 0.25) is 0 Å². The van der Waals surface area contributed by atoms with Gasteiger partial charge in [-0.25, -0.2) is 19.3 Å². The molecule has 0 unspecified atom stereocenters. The minimum atomic E-state index is -0.208. The van der Waals surface area contributed by atoms with Gasteiger partial charge in [0.25, 0.3) is 0 Å². The molecule has 1 aliphatic rings. The van der Waals surface area contributed by atoms with E-state index in [-0.39, 0.29) is 5.82 Å². The minimum absolute atomic E-state index is 0.208. The summed E-state index contributed by atoms with van der Waals surface area (Å²) < 4.78 is 20.2. The van der Waals surface area contributed by atoms with E-state index in [2.05, 4.69) is 24.8 Å². The number of hydrogen-bond acceptors (Lipinski definition) is 6. The summed E-state index contributed by atoms with van der Waals surface area (Å²) in [5.74, 6) is 0.657. The lowest BCUT2D eigenvalue weighted by molar-refractivity contribution is 0.188. The Morgan fingerprint density at radius 1 is 1.00 bits per heavy atom. The van der Waals surface area contributed by atoms with Crippen molar-refractivity contribution in [2.45, 2.75) is 6.54 Å². The van der Waals surface area contributed by atoms with E-state index in [4.69, 9.17) is 4.74 Å². The fraction of sp³-hybridized carbons (Fsp3) is 0.389. The molecular formula is C18H21FN6O. The van der Waals surface area contributed by atoms with Crippen LogP contribution in [0.4, 0.5) is 15.9 Å². The smallest absolute Gasteiger partial charge is 0.165 e. The Labute approximate surface area is 151 Å². The van der Waals surface area contributed by atoms with Crippen LogP contribution >= 0.6 is 0 Å². The fourth-order valence-electron chi connectivity index (χ4n) is 3.28. The van der Waals surface area contributed by atoms with Crippen LogP contribution in [0.25, 0.3) is 11.2 Å². The van der Waals surface area contributed by atoms with Gasteiger partial charge in [0, 0.05) is 45.5 Å². The summed E-state index contributed by atoms with van der Waals surface area (Å²) in [6.45, 7) is 4.68. The highest BCUT2D eigenvalue weighted by molar-refractivity contribution is 5.83. The van der Waals surface area contributed by atoms with Crippen molar-refractivity contribution in [2.24, 2.45) is 0 Å². The first-order valence-corrected chi connectivity index (χ1v) is 8.66. The lowest BCUT2D eigenvalue weighted by Crippen LogP contribution is -2.47. The van der Waals surface area contributed by atoms with Crippen LogP contribution in [0.1, 0.15) is 0 Å². The average Bonchev–Trinajstić information content (AvgIpc) is 3.10. The Hall–Kier alpha value is -2.74. The molecule has 0 N–H and O–H groups in total. The topological polar surface area (TPSA) is 59.3 Å². The van der Waals surface area contributed by atoms with Crippen molar-refractivity contribution in [1.29, 1.82) is 0 Å². The number of imidazole rings is 1. The van der Waals surface area contributed by atoms with Crippen molar-refractivity contribution in [3.63, 3.8) is 0 Å². The third-order valence-electron chi connectivity index (χ3n) is 4.69. The van der Waals surface area contributed by atoms with Crippen LogP contribution in [0.2, 0.25) is 0 Å². The quantitative estimate of drug-likeness (QED) is 0.696. The van der Waals surface area contributed by atoms with Crippen LogP contribution in [0, 0.1) is 5.82 Å². The van der Waals surface area contributed by atoms with Crippen molar-refractivity contribution < 1.29 is 9.13 Å². The van der Waals surface area contributed by atoms with E-state index in [1.54, 1.807) is 19.8 Å². The van der Waals surface area contributed by atoms with E-state index in [0.717, 1.165) is 48.8 Å². The van der Waals surface area contributed by atoms with Crippen molar-refractivity contribution in [1.82, 2.24) is 19.5 Å². The van der Waals surface area contributed by atoms with Gasteiger partial charge in [-0.15, -0.1) is 0 Å². The molecule has 8 heteroatoms. The Balaban J connectivity index is 1.50. The molecule has 136 valence electrons. The number of benzene rings is 1. The number of methoxy groups -OCH3 is 1. The van der Waals surface area contributed by atoms with Gasteiger partial charge in [0.05, 0.1) is 12.9 Å². The zero-order chi connectivity index (χ0) is 17.9. The number of piperazine rings is 1. The van der Waals surface area contributed by atoms with Gasteiger partial charge in [-0.3, -0.25) is 0 Å². The third kappa shape index (κ3) is 3.20. The van der Waals surface area contributed by atoms with Gasteiger partial charge >= 0.3 is 0 Å². The zero-order valence-corrected chi connectivity index (χ0v) is 14.7. The van der Waals surface area contributed by atoms with Crippen LogP contribution in [0.3, 0.4) is 0 Å². The van der Waals surface area contributed by atoms with Gasteiger partial charge in [0.1, 0.15) is 12.1 Å². The molecule has 2 aromatic heterocycles. The second kappa shape index (κ2) is 7.25. The molecule has 4 rings (SSSR count). The van der Waals surface area contributed by atoms with Crippen LogP contribution < -0.4 is 9.80 Å². The lowest BCUT2D eigenvalue weighted by Gasteiger charge is -2.36. The van der Waals surface area contributed by atoms with E-state index in [9.17, 15) is 4.39 Å². The first-order chi connectivity index (χ1) is 12.8. The largest absolute Gasteiger partial charge is 0.383 e. The van der Waals surface area contributed by atoms with Gasteiger partial charge < -0.3 is 19.1 Å². The number of anilines is 2. The molecule has 0 atom stereocenters. The van der Waals surface area contributed by atoms with E-state index >= 15 is 0 Å². The van der Waals surface area contributed by atoms with Crippen molar-refractivity contribution in [3.8, 4) is 0 Å². The number of halogens is 1. The predicted molar refractivity (Wildman–Crippen MR) is 98.0 cm³/mol. The number of nitrogens with zero attached hydrogens (tertiary/aromatic N) is 6. The van der Waals surface area contributed by atoms with Gasteiger partial charge in [-0.2, -0.15) is 0 Å². The second-order valence-corrected chi connectivity index (χ2v) is 6.25. The molecule has 0 saturated carbocycles. The SMILES string of the molecule is COCCn1cnc2c(N3CCN(c4ccc(F)cc4)CC3)ncnc21. The molecule has 1 fully saturated rings. The fourth-order valence-corrected chi connectivity index (χ4v) is 3.28. The van der Waals surface area contributed by atoms with Gasteiger partial charge in [0.15, 0.2) is 17.0 Å². The van der Waals surface area contributed by atoms with Crippen LogP contribution in [-0.4, -0.2) is 59.4 Å². The lowest BCUT2D eigenvalue weighted by atomic mass is 10.2. The monoisotopic (exact) mass is 356 g/mol. The Morgan fingerprint density at radius 3 is 2.46 bits per heavy atom. The van der Waals surface area contributed by atoms with Gasteiger partial charge in [-0.1, -0.05) is 0 Å². The molecule has 3 heterocycles. The highest BCUT2D eigenvalue weighted by atomic mass is 19.1. The Morgan fingerprint density at radius 2 is 1.73 bits per heavy atom.